The van der Waals surface area contributed by atoms with Gasteiger partial charge in [-0.15, -0.1) is 0 Å². The van der Waals surface area contributed by atoms with Crippen LogP contribution in [0.25, 0.3) is 22.6 Å². The number of carboxylic acid groups (broad SMARTS) is 1. The Morgan fingerprint density at radius 2 is 2.00 bits per heavy atom. The summed E-state index contributed by atoms with van der Waals surface area (Å²) in [6, 6.07) is 7.29. The van der Waals surface area contributed by atoms with Crippen molar-refractivity contribution in [3.63, 3.8) is 0 Å². The summed E-state index contributed by atoms with van der Waals surface area (Å²) in [6.45, 7) is 0. The first-order valence-corrected chi connectivity index (χ1v) is 5.88. The molecule has 0 aliphatic heterocycles. The molecule has 0 unspecified atom stereocenters. The first-order valence-electron chi connectivity index (χ1n) is 5.88. The molecule has 0 saturated carbocycles. The van der Waals surface area contributed by atoms with Crippen LogP contribution in [0.2, 0.25) is 0 Å². The second kappa shape index (κ2) is 4.67. The van der Waals surface area contributed by atoms with E-state index in [1.54, 1.807) is 12.1 Å². The fourth-order valence-corrected chi connectivity index (χ4v) is 1.89. The molecule has 2 N–H and O–H groups in total. The minimum absolute atomic E-state index is 0.0128. The maximum absolute atomic E-state index is 10.9. The summed E-state index contributed by atoms with van der Waals surface area (Å²) in [5.74, 6) is -0.612. The second-order valence-corrected chi connectivity index (χ2v) is 4.29. The summed E-state index contributed by atoms with van der Waals surface area (Å²) in [6.07, 6.45) is 1.24. The van der Waals surface area contributed by atoms with Crippen LogP contribution in [-0.2, 0) is 0 Å². The second-order valence-electron chi connectivity index (χ2n) is 4.29. The number of fused-ring (bicyclic) bond motifs is 1. The number of aromatic amines is 1. The Labute approximate surface area is 117 Å². The highest BCUT2D eigenvalue weighted by Gasteiger charge is 2.11. The van der Waals surface area contributed by atoms with Gasteiger partial charge in [-0.05, 0) is 18.2 Å². The van der Waals surface area contributed by atoms with Crippen LogP contribution in [0.5, 0.6) is 0 Å². The van der Waals surface area contributed by atoms with Gasteiger partial charge in [-0.3, -0.25) is 10.1 Å². The monoisotopic (exact) mass is 284 g/mol. The van der Waals surface area contributed by atoms with Crippen molar-refractivity contribution in [2.75, 3.05) is 0 Å². The number of hydrogen-bond donors (Lipinski definition) is 2. The lowest BCUT2D eigenvalue weighted by Gasteiger charge is -1.95. The highest BCUT2D eigenvalue weighted by molar-refractivity contribution is 5.91. The van der Waals surface area contributed by atoms with E-state index in [1.165, 1.54) is 24.4 Å². The van der Waals surface area contributed by atoms with E-state index < -0.39 is 10.9 Å². The minimum Gasteiger partial charge on any atom is -0.478 e. The van der Waals surface area contributed by atoms with Gasteiger partial charge in [0.25, 0.3) is 5.69 Å². The molecule has 0 aliphatic rings. The Morgan fingerprint density at radius 1 is 1.29 bits per heavy atom. The Morgan fingerprint density at radius 3 is 2.62 bits per heavy atom. The van der Waals surface area contributed by atoms with Crippen LogP contribution in [-0.4, -0.2) is 31.0 Å². The molecule has 1 aromatic carbocycles. The number of rotatable bonds is 3. The molecule has 21 heavy (non-hydrogen) atoms. The van der Waals surface area contributed by atoms with Crippen LogP contribution < -0.4 is 0 Å². The molecule has 104 valence electrons. The fourth-order valence-electron chi connectivity index (χ4n) is 1.89. The van der Waals surface area contributed by atoms with Crippen LogP contribution >= 0.6 is 0 Å². The number of nitro groups is 1. The molecule has 0 atom stereocenters. The zero-order chi connectivity index (χ0) is 15.0. The van der Waals surface area contributed by atoms with Crippen molar-refractivity contribution in [1.29, 1.82) is 0 Å². The van der Waals surface area contributed by atoms with E-state index in [1.807, 2.05) is 0 Å². The molecular formula is C13H8N4O4. The molecule has 8 nitrogen and oxygen atoms in total. The maximum atomic E-state index is 10.9. The number of pyridine rings is 1. The van der Waals surface area contributed by atoms with Gasteiger partial charge in [0.2, 0.25) is 0 Å². The first kappa shape index (κ1) is 12.7. The van der Waals surface area contributed by atoms with Crippen LogP contribution in [0, 0.1) is 10.1 Å². The van der Waals surface area contributed by atoms with E-state index in [-0.39, 0.29) is 11.3 Å². The number of aromatic carboxylic acids is 1. The van der Waals surface area contributed by atoms with Crippen molar-refractivity contribution in [3.05, 3.63) is 52.2 Å². The van der Waals surface area contributed by atoms with Crippen LogP contribution in [0.15, 0.2) is 36.5 Å². The number of nitro benzene ring substituents is 1. The Bertz CT molecular complexity index is 854. The van der Waals surface area contributed by atoms with Crippen molar-refractivity contribution in [2.45, 2.75) is 0 Å². The number of hydrogen-bond acceptors (Lipinski definition) is 5. The number of H-pyrrole nitrogens is 1. The molecule has 0 aliphatic carbocycles. The van der Waals surface area contributed by atoms with E-state index in [2.05, 4.69) is 15.0 Å². The van der Waals surface area contributed by atoms with Gasteiger partial charge >= 0.3 is 5.97 Å². The van der Waals surface area contributed by atoms with Gasteiger partial charge in [-0.2, -0.15) is 0 Å². The van der Waals surface area contributed by atoms with E-state index in [0.717, 1.165) is 0 Å². The summed E-state index contributed by atoms with van der Waals surface area (Å²) >= 11 is 0. The highest BCUT2D eigenvalue weighted by atomic mass is 16.6. The van der Waals surface area contributed by atoms with E-state index in [0.29, 0.717) is 22.6 Å². The van der Waals surface area contributed by atoms with Gasteiger partial charge in [-0.25, -0.2) is 14.8 Å². The molecule has 3 rings (SSSR count). The van der Waals surface area contributed by atoms with Crippen LogP contribution in [0.4, 0.5) is 5.69 Å². The molecule has 3 aromatic rings. The zero-order valence-corrected chi connectivity index (χ0v) is 10.5. The number of aromatic nitrogens is 3. The fraction of sp³-hybridized carbons (Fsp3) is 0. The largest absolute Gasteiger partial charge is 0.478 e. The molecule has 2 heterocycles. The number of nitrogens with one attached hydrogen (secondary N) is 1. The lowest BCUT2D eigenvalue weighted by atomic mass is 10.2. The van der Waals surface area contributed by atoms with Gasteiger partial charge in [0.15, 0.2) is 5.65 Å². The van der Waals surface area contributed by atoms with Gasteiger partial charge in [0.05, 0.1) is 10.5 Å². The minimum atomic E-state index is -1.08. The molecule has 0 amide bonds. The Hall–Kier alpha value is -3.29. The Kier molecular flexibility index (Phi) is 2.83. The molecule has 0 saturated heterocycles. The number of benzene rings is 1. The highest BCUT2D eigenvalue weighted by Crippen LogP contribution is 2.22. The molecular weight excluding hydrogens is 276 g/mol. The lowest BCUT2D eigenvalue weighted by molar-refractivity contribution is -0.384. The van der Waals surface area contributed by atoms with Crippen molar-refractivity contribution >= 4 is 22.8 Å². The summed E-state index contributed by atoms with van der Waals surface area (Å²) in [5.41, 5.74) is 1.55. The smallest absolute Gasteiger partial charge is 0.337 e. The molecule has 8 heteroatoms. The number of carbonyl (C=O) groups is 1. The number of nitrogens with zero attached hydrogens (tertiary/aromatic N) is 3. The summed E-state index contributed by atoms with van der Waals surface area (Å²) < 4.78 is 0. The topological polar surface area (TPSA) is 122 Å². The van der Waals surface area contributed by atoms with E-state index in [9.17, 15) is 14.9 Å². The zero-order valence-electron chi connectivity index (χ0n) is 10.5. The summed E-state index contributed by atoms with van der Waals surface area (Å²) in [4.78, 5) is 32.2. The van der Waals surface area contributed by atoms with Gasteiger partial charge in [0.1, 0.15) is 11.3 Å². The summed E-state index contributed by atoms with van der Waals surface area (Å²) in [5, 5.41) is 19.5. The van der Waals surface area contributed by atoms with Crippen molar-refractivity contribution in [1.82, 2.24) is 15.0 Å². The lowest BCUT2D eigenvalue weighted by Crippen LogP contribution is -1.96. The predicted molar refractivity (Wildman–Crippen MR) is 72.9 cm³/mol. The standard InChI is InChI=1S/C13H8N4O4/c18-13(19)8-5-10-12(14-6-8)16-11(15-10)7-1-3-9(4-2-7)17(20)21/h1-6H,(H,18,19)(H,14,15,16). The summed E-state index contributed by atoms with van der Waals surface area (Å²) in [7, 11) is 0. The molecule has 0 fully saturated rings. The van der Waals surface area contributed by atoms with Crippen LogP contribution in [0.1, 0.15) is 10.4 Å². The maximum Gasteiger partial charge on any atom is 0.337 e. The van der Waals surface area contributed by atoms with E-state index in [4.69, 9.17) is 5.11 Å². The number of non-ortho nitro benzene ring substituents is 1. The third-order valence-electron chi connectivity index (χ3n) is 2.94. The molecule has 0 radical (unpaired) electrons. The van der Waals surface area contributed by atoms with Crippen molar-refractivity contribution < 1.29 is 14.8 Å². The van der Waals surface area contributed by atoms with E-state index >= 15 is 0 Å². The molecule has 0 spiro atoms. The molecule has 2 aromatic heterocycles. The van der Waals surface area contributed by atoms with Gasteiger partial charge < -0.3 is 10.1 Å². The third-order valence-corrected chi connectivity index (χ3v) is 2.94. The Balaban J connectivity index is 2.04. The van der Waals surface area contributed by atoms with Crippen LogP contribution in [0.3, 0.4) is 0 Å². The van der Waals surface area contributed by atoms with Gasteiger partial charge in [0, 0.05) is 23.9 Å². The average Bonchev–Trinajstić information content (AvgIpc) is 2.90. The number of imidazole rings is 1. The normalized spacial score (nSPS) is 10.7. The third kappa shape index (κ3) is 2.29. The quantitative estimate of drug-likeness (QED) is 0.561. The first-order chi connectivity index (χ1) is 10.0. The van der Waals surface area contributed by atoms with Crippen molar-refractivity contribution in [2.24, 2.45) is 0 Å². The predicted octanol–water partition coefficient (Wildman–Crippen LogP) is 2.23. The SMILES string of the molecule is O=C(O)c1cnc2[nH]c(-c3ccc([N+](=O)[O-])cc3)nc2c1. The molecule has 0 bridgehead atoms. The number of carboxylic acids is 1. The average molecular weight is 284 g/mol. The van der Waals surface area contributed by atoms with Crippen molar-refractivity contribution in [3.8, 4) is 11.4 Å². The van der Waals surface area contributed by atoms with Gasteiger partial charge in [-0.1, -0.05) is 0 Å².